The fraction of sp³-hybridized carbons (Fsp3) is 0.714. The summed E-state index contributed by atoms with van der Waals surface area (Å²) in [6.07, 6.45) is 6.52. The molecule has 1 spiro atoms. The third-order valence-electron chi connectivity index (χ3n) is 2.35. The SMILES string of the molecule is C#C[C@@H]1CC12CNC2. The first-order valence-electron chi connectivity index (χ1n) is 3.04. The molecule has 0 aromatic heterocycles. The Labute approximate surface area is 49.5 Å². The Hall–Kier alpha value is -0.480. The third kappa shape index (κ3) is 0.329. The highest BCUT2D eigenvalue weighted by atomic mass is 15.0. The van der Waals surface area contributed by atoms with Gasteiger partial charge in [0.15, 0.2) is 0 Å². The highest BCUT2D eigenvalue weighted by Gasteiger charge is 2.57. The maximum absolute atomic E-state index is 5.24. The normalized spacial score (nSPS) is 38.1. The van der Waals surface area contributed by atoms with Crippen molar-refractivity contribution in [2.75, 3.05) is 13.1 Å². The van der Waals surface area contributed by atoms with Gasteiger partial charge in [-0.05, 0) is 6.42 Å². The van der Waals surface area contributed by atoms with Crippen LogP contribution >= 0.6 is 0 Å². The molecule has 1 saturated carbocycles. The number of nitrogens with one attached hydrogen (secondary N) is 1. The fourth-order valence-electron chi connectivity index (χ4n) is 1.42. The quantitative estimate of drug-likeness (QED) is 0.437. The van der Waals surface area contributed by atoms with Crippen molar-refractivity contribution in [2.24, 2.45) is 11.3 Å². The van der Waals surface area contributed by atoms with Gasteiger partial charge in [-0.2, -0.15) is 0 Å². The molecule has 1 heteroatoms. The van der Waals surface area contributed by atoms with Gasteiger partial charge in [0.25, 0.3) is 0 Å². The molecule has 8 heavy (non-hydrogen) atoms. The molecule has 2 rings (SSSR count). The van der Waals surface area contributed by atoms with Gasteiger partial charge in [0, 0.05) is 24.4 Å². The van der Waals surface area contributed by atoms with Gasteiger partial charge in [-0.15, -0.1) is 12.3 Å². The average Bonchev–Trinajstić information content (AvgIpc) is 2.36. The van der Waals surface area contributed by atoms with Crippen LogP contribution in [0.15, 0.2) is 0 Å². The van der Waals surface area contributed by atoms with Gasteiger partial charge < -0.3 is 5.32 Å². The monoisotopic (exact) mass is 107 g/mol. The summed E-state index contributed by atoms with van der Waals surface area (Å²) in [5.41, 5.74) is 0.592. The molecule has 1 nitrogen and oxygen atoms in total. The van der Waals surface area contributed by atoms with Crippen molar-refractivity contribution in [3.8, 4) is 12.3 Å². The lowest BCUT2D eigenvalue weighted by molar-refractivity contribution is 0.309. The van der Waals surface area contributed by atoms with E-state index < -0.39 is 0 Å². The zero-order valence-corrected chi connectivity index (χ0v) is 4.78. The molecule has 1 N–H and O–H groups in total. The molecule has 0 radical (unpaired) electrons. The van der Waals surface area contributed by atoms with Crippen LogP contribution in [0.3, 0.4) is 0 Å². The van der Waals surface area contributed by atoms with Crippen LogP contribution in [-0.4, -0.2) is 13.1 Å². The Bertz CT molecular complexity index is 150. The lowest BCUT2D eigenvalue weighted by atomic mass is 9.97. The summed E-state index contributed by atoms with van der Waals surface area (Å²) in [6.45, 7) is 2.34. The molecule has 0 unspecified atom stereocenters. The van der Waals surface area contributed by atoms with Crippen molar-refractivity contribution < 1.29 is 0 Å². The minimum atomic E-state index is 0.592. The number of hydrogen-bond donors (Lipinski definition) is 1. The largest absolute Gasteiger partial charge is 0.315 e. The van der Waals surface area contributed by atoms with Crippen molar-refractivity contribution >= 4 is 0 Å². The summed E-state index contributed by atoms with van der Waals surface area (Å²) < 4.78 is 0. The van der Waals surface area contributed by atoms with Crippen LogP contribution in [0, 0.1) is 23.7 Å². The summed E-state index contributed by atoms with van der Waals surface area (Å²) in [4.78, 5) is 0. The predicted molar refractivity (Wildman–Crippen MR) is 32.2 cm³/mol. The molecule has 1 heterocycles. The van der Waals surface area contributed by atoms with Crippen molar-refractivity contribution in [2.45, 2.75) is 6.42 Å². The van der Waals surface area contributed by atoms with E-state index in [0.717, 1.165) is 0 Å². The van der Waals surface area contributed by atoms with Gasteiger partial charge in [0.1, 0.15) is 0 Å². The second-order valence-electron chi connectivity index (χ2n) is 2.89. The van der Waals surface area contributed by atoms with E-state index in [1.807, 2.05) is 0 Å². The van der Waals surface area contributed by atoms with E-state index >= 15 is 0 Å². The maximum atomic E-state index is 5.24. The van der Waals surface area contributed by atoms with E-state index in [2.05, 4.69) is 11.2 Å². The Balaban J connectivity index is 2.05. The number of terminal acetylenes is 1. The molecular formula is C7H9N. The summed E-state index contributed by atoms with van der Waals surface area (Å²) >= 11 is 0. The Morgan fingerprint density at radius 1 is 1.62 bits per heavy atom. The van der Waals surface area contributed by atoms with Gasteiger partial charge in [0.2, 0.25) is 0 Å². The molecule has 1 atom stereocenters. The molecule has 0 aromatic rings. The Morgan fingerprint density at radius 3 is 2.50 bits per heavy atom. The van der Waals surface area contributed by atoms with Crippen LogP contribution in [0.2, 0.25) is 0 Å². The minimum Gasteiger partial charge on any atom is -0.315 e. The van der Waals surface area contributed by atoms with E-state index in [9.17, 15) is 0 Å². The third-order valence-corrected chi connectivity index (χ3v) is 2.35. The van der Waals surface area contributed by atoms with Gasteiger partial charge in [-0.25, -0.2) is 0 Å². The minimum absolute atomic E-state index is 0.592. The highest BCUT2D eigenvalue weighted by molar-refractivity contribution is 5.21. The van der Waals surface area contributed by atoms with Gasteiger partial charge >= 0.3 is 0 Å². The first-order valence-corrected chi connectivity index (χ1v) is 3.04. The van der Waals surface area contributed by atoms with Crippen LogP contribution in [0.4, 0.5) is 0 Å². The summed E-state index contributed by atoms with van der Waals surface area (Å²) in [5, 5.41) is 3.23. The second kappa shape index (κ2) is 1.09. The van der Waals surface area contributed by atoms with Crippen LogP contribution in [0.5, 0.6) is 0 Å². The van der Waals surface area contributed by atoms with Crippen LogP contribution in [-0.2, 0) is 0 Å². The van der Waals surface area contributed by atoms with Gasteiger partial charge in [0.05, 0.1) is 0 Å². The van der Waals surface area contributed by atoms with Crippen molar-refractivity contribution in [1.82, 2.24) is 5.32 Å². The molecule has 0 amide bonds. The average molecular weight is 107 g/mol. The molecule has 1 aliphatic carbocycles. The highest BCUT2D eigenvalue weighted by Crippen LogP contribution is 2.54. The second-order valence-corrected chi connectivity index (χ2v) is 2.89. The van der Waals surface area contributed by atoms with Crippen molar-refractivity contribution in [3.63, 3.8) is 0 Å². The Morgan fingerprint density at radius 2 is 2.38 bits per heavy atom. The zero-order valence-electron chi connectivity index (χ0n) is 4.78. The van der Waals surface area contributed by atoms with Crippen LogP contribution in [0.1, 0.15) is 6.42 Å². The lowest BCUT2D eigenvalue weighted by Crippen LogP contribution is -2.45. The Kier molecular flexibility index (Phi) is 0.598. The molecule has 2 aliphatic rings. The van der Waals surface area contributed by atoms with E-state index in [-0.39, 0.29) is 0 Å². The fourth-order valence-corrected chi connectivity index (χ4v) is 1.42. The first kappa shape index (κ1) is 4.40. The van der Waals surface area contributed by atoms with Gasteiger partial charge in [-0.3, -0.25) is 0 Å². The molecule has 0 aromatic carbocycles. The maximum Gasteiger partial charge on any atom is 0.0288 e. The van der Waals surface area contributed by atoms with Gasteiger partial charge in [-0.1, -0.05) is 0 Å². The molecule has 2 fully saturated rings. The first-order chi connectivity index (χ1) is 3.87. The summed E-state index contributed by atoms with van der Waals surface area (Å²) in [5.74, 6) is 3.41. The molecule has 42 valence electrons. The number of rotatable bonds is 0. The lowest BCUT2D eigenvalue weighted by Gasteiger charge is -2.27. The van der Waals surface area contributed by atoms with E-state index in [4.69, 9.17) is 6.42 Å². The van der Waals surface area contributed by atoms with E-state index in [0.29, 0.717) is 11.3 Å². The van der Waals surface area contributed by atoms with E-state index in [1.54, 1.807) is 0 Å². The van der Waals surface area contributed by atoms with Crippen LogP contribution in [0.25, 0.3) is 0 Å². The smallest absolute Gasteiger partial charge is 0.0288 e. The topological polar surface area (TPSA) is 12.0 Å². The van der Waals surface area contributed by atoms with Crippen molar-refractivity contribution in [1.29, 1.82) is 0 Å². The molecule has 1 aliphatic heterocycles. The predicted octanol–water partition coefficient (Wildman–Crippen LogP) is 0.229. The number of hydrogen-bond acceptors (Lipinski definition) is 1. The molecule has 1 saturated heterocycles. The van der Waals surface area contributed by atoms with Crippen LogP contribution < -0.4 is 5.32 Å². The standard InChI is InChI=1S/C7H9N/c1-2-6-3-7(6)4-8-5-7/h1,6,8H,3-5H2/t6-/m1/s1. The van der Waals surface area contributed by atoms with E-state index in [1.165, 1.54) is 19.5 Å². The molecule has 0 bridgehead atoms. The summed E-state index contributed by atoms with van der Waals surface area (Å²) in [6, 6.07) is 0. The summed E-state index contributed by atoms with van der Waals surface area (Å²) in [7, 11) is 0. The molecular weight excluding hydrogens is 98.1 g/mol. The zero-order chi connectivity index (χ0) is 5.61. The van der Waals surface area contributed by atoms with Crippen molar-refractivity contribution in [3.05, 3.63) is 0 Å².